The molecular weight excluding hydrogens is 402 g/mol. The molecular formula is C21H29N5O5. The molecule has 1 heterocycles. The van der Waals surface area contributed by atoms with Crippen LogP contribution in [-0.2, 0) is 23.1 Å². The number of anilines is 1. The molecule has 0 aliphatic carbocycles. The van der Waals surface area contributed by atoms with Crippen LogP contribution in [0.3, 0.4) is 0 Å². The highest BCUT2D eigenvalue weighted by molar-refractivity contribution is 6.01. The molecule has 3 N–H and O–H groups in total. The number of aromatic nitrogens is 2. The highest BCUT2D eigenvalue weighted by Crippen LogP contribution is 2.10. The van der Waals surface area contributed by atoms with Gasteiger partial charge in [0.15, 0.2) is 5.78 Å². The smallest absolute Gasteiger partial charge is 0.332 e. The minimum Gasteiger partial charge on any atom is -0.385 e. The number of carbonyl (C=O) groups is 2. The number of rotatable bonds is 11. The minimum atomic E-state index is -0.755. The molecule has 0 saturated carbocycles. The second-order valence-corrected chi connectivity index (χ2v) is 7.27. The van der Waals surface area contributed by atoms with Gasteiger partial charge >= 0.3 is 5.69 Å². The van der Waals surface area contributed by atoms with E-state index in [9.17, 15) is 19.2 Å². The number of carbonyl (C=O) groups excluding carboxylic acids is 2. The lowest BCUT2D eigenvalue weighted by Crippen LogP contribution is -2.44. The van der Waals surface area contributed by atoms with Crippen LogP contribution < -0.4 is 22.3 Å². The van der Waals surface area contributed by atoms with E-state index >= 15 is 0 Å². The minimum absolute atomic E-state index is 0.0252. The molecule has 0 aliphatic heterocycles. The van der Waals surface area contributed by atoms with Gasteiger partial charge in [-0.25, -0.2) is 4.79 Å². The van der Waals surface area contributed by atoms with Gasteiger partial charge in [0, 0.05) is 27.3 Å². The van der Waals surface area contributed by atoms with Crippen molar-refractivity contribution in [1.82, 2.24) is 19.4 Å². The van der Waals surface area contributed by atoms with E-state index in [1.165, 1.54) is 16.5 Å². The number of likely N-dealkylation sites (N-methyl/N-ethyl adjacent to an activating group) is 1. The van der Waals surface area contributed by atoms with Crippen LogP contribution in [0.2, 0.25) is 0 Å². The van der Waals surface area contributed by atoms with Gasteiger partial charge in [0.1, 0.15) is 11.4 Å². The highest BCUT2D eigenvalue weighted by atomic mass is 16.5. The van der Waals surface area contributed by atoms with Gasteiger partial charge in [-0.15, -0.1) is 0 Å². The molecule has 168 valence electrons. The maximum absolute atomic E-state index is 12.8. The number of ketones is 1. The molecule has 2 aromatic rings. The molecule has 0 atom stereocenters. The van der Waals surface area contributed by atoms with E-state index in [2.05, 4.69) is 5.32 Å². The second kappa shape index (κ2) is 11.2. The average molecular weight is 431 g/mol. The maximum Gasteiger partial charge on any atom is 0.332 e. The molecule has 0 aliphatic rings. The number of nitrogens with two attached hydrogens (primary N) is 1. The van der Waals surface area contributed by atoms with Crippen LogP contribution in [0.4, 0.5) is 5.82 Å². The van der Waals surface area contributed by atoms with Crippen molar-refractivity contribution in [3.05, 3.63) is 62.3 Å². The number of nitrogen functional groups attached to an aromatic ring is 1. The average Bonchev–Trinajstić information content (AvgIpc) is 2.73. The second-order valence-electron chi connectivity index (χ2n) is 7.27. The van der Waals surface area contributed by atoms with Crippen molar-refractivity contribution >= 4 is 17.5 Å². The Balaban J connectivity index is 2.17. The predicted octanol–water partition coefficient (Wildman–Crippen LogP) is -0.555. The van der Waals surface area contributed by atoms with E-state index in [0.29, 0.717) is 19.6 Å². The van der Waals surface area contributed by atoms with Crippen LogP contribution in [0.1, 0.15) is 22.3 Å². The van der Waals surface area contributed by atoms with Crippen LogP contribution >= 0.6 is 0 Å². The Kier molecular flexibility index (Phi) is 8.71. The van der Waals surface area contributed by atoms with Crippen molar-refractivity contribution in [2.75, 3.05) is 46.1 Å². The van der Waals surface area contributed by atoms with Gasteiger partial charge in [-0.2, -0.15) is 0 Å². The first-order valence-electron chi connectivity index (χ1n) is 9.86. The lowest BCUT2D eigenvalue weighted by atomic mass is 10.1. The lowest BCUT2D eigenvalue weighted by molar-refractivity contribution is -0.121. The summed E-state index contributed by atoms with van der Waals surface area (Å²) in [4.78, 5) is 51.5. The van der Waals surface area contributed by atoms with Crippen molar-refractivity contribution in [1.29, 1.82) is 0 Å². The molecule has 0 saturated heterocycles. The number of nitrogens with one attached hydrogen (secondary N) is 1. The first kappa shape index (κ1) is 24.0. The molecule has 1 amide bonds. The van der Waals surface area contributed by atoms with Gasteiger partial charge in [-0.1, -0.05) is 30.3 Å². The Morgan fingerprint density at radius 2 is 1.84 bits per heavy atom. The number of Topliss-reactive ketones (excluding diaryl/α,β-unsaturated/α-hetero) is 1. The van der Waals surface area contributed by atoms with Crippen molar-refractivity contribution < 1.29 is 14.3 Å². The van der Waals surface area contributed by atoms with Gasteiger partial charge in [-0.05, 0) is 19.0 Å². The van der Waals surface area contributed by atoms with E-state index in [1.807, 2.05) is 30.3 Å². The summed E-state index contributed by atoms with van der Waals surface area (Å²) in [6, 6.07) is 9.11. The SMILES string of the molecule is COCCCNC(=O)CN(C)CC(=O)c1c(N)n(Cc2ccccc2)c(=O)n(C)c1=O. The number of nitrogens with zero attached hydrogens (tertiary/aromatic N) is 3. The molecule has 0 bridgehead atoms. The molecule has 0 radical (unpaired) electrons. The van der Waals surface area contributed by atoms with Crippen LogP contribution in [0.15, 0.2) is 39.9 Å². The zero-order valence-corrected chi connectivity index (χ0v) is 18.1. The summed E-state index contributed by atoms with van der Waals surface area (Å²) in [5, 5.41) is 2.73. The molecule has 10 nitrogen and oxygen atoms in total. The number of amides is 1. The van der Waals surface area contributed by atoms with Crippen molar-refractivity contribution in [2.45, 2.75) is 13.0 Å². The van der Waals surface area contributed by atoms with Gasteiger partial charge in [0.05, 0.1) is 19.6 Å². The monoisotopic (exact) mass is 431 g/mol. The zero-order chi connectivity index (χ0) is 23.0. The summed E-state index contributed by atoms with van der Waals surface area (Å²) < 4.78 is 6.99. The number of methoxy groups -OCH3 is 1. The summed E-state index contributed by atoms with van der Waals surface area (Å²) in [5.74, 6) is -0.990. The number of hydrogen-bond donors (Lipinski definition) is 2. The van der Waals surface area contributed by atoms with E-state index in [-0.39, 0.29) is 36.9 Å². The molecule has 1 aromatic heterocycles. The van der Waals surface area contributed by atoms with Gasteiger partial charge in [0.2, 0.25) is 5.91 Å². The Morgan fingerprint density at radius 1 is 1.16 bits per heavy atom. The number of benzene rings is 1. The third-order valence-electron chi connectivity index (χ3n) is 4.72. The van der Waals surface area contributed by atoms with E-state index in [0.717, 1.165) is 10.1 Å². The Bertz CT molecular complexity index is 1030. The largest absolute Gasteiger partial charge is 0.385 e. The van der Waals surface area contributed by atoms with Crippen LogP contribution in [0.5, 0.6) is 0 Å². The summed E-state index contributed by atoms with van der Waals surface area (Å²) in [6.45, 7) is 0.902. The lowest BCUT2D eigenvalue weighted by Gasteiger charge is -2.18. The molecule has 1 aromatic carbocycles. The zero-order valence-electron chi connectivity index (χ0n) is 18.1. The maximum atomic E-state index is 12.8. The Labute approximate surface area is 180 Å². The molecule has 0 fully saturated rings. The Hall–Kier alpha value is -3.24. The molecule has 0 spiro atoms. The molecule has 10 heteroatoms. The molecule has 0 unspecified atom stereocenters. The van der Waals surface area contributed by atoms with Gasteiger partial charge in [-0.3, -0.25) is 28.4 Å². The van der Waals surface area contributed by atoms with Gasteiger partial charge < -0.3 is 15.8 Å². The fraction of sp³-hybridized carbons (Fsp3) is 0.429. The standard InChI is InChI=1S/C21H29N5O5/c1-24(14-17(28)23-10-7-11-31-3)13-16(27)18-19(22)26(21(30)25(2)20(18)29)12-15-8-5-4-6-9-15/h4-6,8-9H,7,10-14,22H2,1-3H3,(H,23,28). The third-order valence-corrected chi connectivity index (χ3v) is 4.72. The van der Waals surface area contributed by atoms with Crippen LogP contribution in [0, 0.1) is 0 Å². The fourth-order valence-electron chi connectivity index (χ4n) is 3.09. The number of ether oxygens (including phenoxy) is 1. The topological polar surface area (TPSA) is 129 Å². The summed E-state index contributed by atoms with van der Waals surface area (Å²) >= 11 is 0. The van der Waals surface area contributed by atoms with Crippen molar-refractivity contribution in [2.24, 2.45) is 7.05 Å². The highest BCUT2D eigenvalue weighted by Gasteiger charge is 2.23. The van der Waals surface area contributed by atoms with Crippen molar-refractivity contribution in [3.8, 4) is 0 Å². The summed E-state index contributed by atoms with van der Waals surface area (Å²) in [5.41, 5.74) is 5.28. The van der Waals surface area contributed by atoms with E-state index < -0.39 is 17.0 Å². The molecule has 31 heavy (non-hydrogen) atoms. The summed E-state index contributed by atoms with van der Waals surface area (Å²) in [6.07, 6.45) is 0.681. The first-order valence-corrected chi connectivity index (χ1v) is 9.86. The Morgan fingerprint density at radius 3 is 2.48 bits per heavy atom. The van der Waals surface area contributed by atoms with E-state index in [1.54, 1.807) is 14.2 Å². The van der Waals surface area contributed by atoms with Crippen LogP contribution in [-0.4, -0.2) is 66.1 Å². The van der Waals surface area contributed by atoms with E-state index in [4.69, 9.17) is 10.5 Å². The normalized spacial score (nSPS) is 11.0. The first-order chi connectivity index (χ1) is 14.8. The molecule has 2 rings (SSSR count). The fourth-order valence-corrected chi connectivity index (χ4v) is 3.09. The predicted molar refractivity (Wildman–Crippen MR) is 117 cm³/mol. The van der Waals surface area contributed by atoms with Crippen molar-refractivity contribution in [3.63, 3.8) is 0 Å². The number of hydrogen-bond acceptors (Lipinski definition) is 7. The van der Waals surface area contributed by atoms with Crippen LogP contribution in [0.25, 0.3) is 0 Å². The summed E-state index contributed by atoms with van der Waals surface area (Å²) in [7, 11) is 4.48. The quantitative estimate of drug-likeness (QED) is 0.361. The third kappa shape index (κ3) is 6.37. The van der Waals surface area contributed by atoms with Gasteiger partial charge in [0.25, 0.3) is 5.56 Å².